The SMILES string of the molecule is C[C@@H]1[C@H](CN(C)C[C@@H](O)c2cccc(O)c2)O[C@H](c2cccc(N3C(=O)c4ccccc4C3=O)c2)O[C@@H]1c1ccc(CO)cc1. The number of rotatable bonds is 9. The fraction of sp³-hybridized carbons (Fsp3) is 0.278. The molecule has 9 heteroatoms. The molecule has 0 spiro atoms. The van der Waals surface area contributed by atoms with Crippen LogP contribution in [0.4, 0.5) is 5.69 Å². The maximum absolute atomic E-state index is 13.2. The quantitative estimate of drug-likeness (QED) is 0.224. The average Bonchev–Trinajstić information content (AvgIpc) is 3.31. The number of carbonyl (C=O) groups is 2. The summed E-state index contributed by atoms with van der Waals surface area (Å²) in [4.78, 5) is 29.6. The van der Waals surface area contributed by atoms with E-state index in [1.807, 2.05) is 42.3 Å². The van der Waals surface area contributed by atoms with E-state index in [0.29, 0.717) is 41.0 Å². The van der Waals surface area contributed by atoms with Gasteiger partial charge in [0.2, 0.25) is 0 Å². The lowest BCUT2D eigenvalue weighted by atomic mass is 9.90. The number of phenols is 1. The van der Waals surface area contributed by atoms with Gasteiger partial charge in [-0.25, -0.2) is 4.90 Å². The first kappa shape index (κ1) is 30.6. The first-order valence-electron chi connectivity index (χ1n) is 15.0. The van der Waals surface area contributed by atoms with Crippen molar-refractivity contribution in [2.45, 2.75) is 38.1 Å². The van der Waals surface area contributed by atoms with Crippen molar-refractivity contribution in [1.82, 2.24) is 4.90 Å². The number of anilines is 1. The molecule has 3 N–H and O–H groups in total. The summed E-state index contributed by atoms with van der Waals surface area (Å²) in [6.45, 7) is 2.78. The monoisotopic (exact) mass is 608 g/mol. The molecule has 0 aliphatic carbocycles. The van der Waals surface area contributed by atoms with Crippen LogP contribution in [0.3, 0.4) is 0 Å². The Kier molecular flexibility index (Phi) is 8.80. The summed E-state index contributed by atoms with van der Waals surface area (Å²) in [5.41, 5.74) is 4.16. The van der Waals surface area contributed by atoms with Crippen molar-refractivity contribution in [2.24, 2.45) is 5.92 Å². The molecule has 232 valence electrons. The van der Waals surface area contributed by atoms with Gasteiger partial charge in [-0.2, -0.15) is 0 Å². The highest BCUT2D eigenvalue weighted by Gasteiger charge is 2.40. The van der Waals surface area contributed by atoms with E-state index in [2.05, 4.69) is 6.92 Å². The molecule has 1 saturated heterocycles. The zero-order valence-electron chi connectivity index (χ0n) is 25.1. The molecule has 1 fully saturated rings. The van der Waals surface area contributed by atoms with E-state index < -0.39 is 12.4 Å². The lowest BCUT2D eigenvalue weighted by Gasteiger charge is -2.42. The van der Waals surface area contributed by atoms with Crippen LogP contribution in [-0.2, 0) is 16.1 Å². The Labute approximate surface area is 261 Å². The number of ether oxygens (including phenoxy) is 2. The van der Waals surface area contributed by atoms with Crippen LogP contribution < -0.4 is 4.90 Å². The third-order valence-electron chi connectivity index (χ3n) is 8.55. The molecular weight excluding hydrogens is 572 g/mol. The number of amides is 2. The maximum Gasteiger partial charge on any atom is 0.266 e. The smallest absolute Gasteiger partial charge is 0.266 e. The van der Waals surface area contributed by atoms with Crippen LogP contribution in [0.5, 0.6) is 5.75 Å². The van der Waals surface area contributed by atoms with Crippen LogP contribution in [0, 0.1) is 5.92 Å². The van der Waals surface area contributed by atoms with Crippen molar-refractivity contribution in [2.75, 3.05) is 25.0 Å². The molecule has 2 aliphatic heterocycles. The number of aromatic hydroxyl groups is 1. The Bertz CT molecular complexity index is 1660. The Balaban J connectivity index is 1.26. The van der Waals surface area contributed by atoms with Crippen molar-refractivity contribution in [1.29, 1.82) is 0 Å². The number of benzene rings is 4. The summed E-state index contributed by atoms with van der Waals surface area (Å²) in [6.07, 6.45) is -2.32. The molecule has 2 heterocycles. The molecule has 0 radical (unpaired) electrons. The third-order valence-corrected chi connectivity index (χ3v) is 8.55. The van der Waals surface area contributed by atoms with Gasteiger partial charge in [0.1, 0.15) is 5.75 Å². The Morgan fingerprint density at radius 2 is 1.53 bits per heavy atom. The number of phenolic OH excluding ortho intramolecular Hbond substituents is 1. The average molecular weight is 609 g/mol. The van der Waals surface area contributed by atoms with Crippen molar-refractivity contribution in [3.8, 4) is 5.75 Å². The summed E-state index contributed by atoms with van der Waals surface area (Å²) >= 11 is 0. The van der Waals surface area contributed by atoms with Crippen molar-refractivity contribution < 1.29 is 34.4 Å². The highest BCUT2D eigenvalue weighted by molar-refractivity contribution is 6.34. The molecule has 4 aromatic carbocycles. The van der Waals surface area contributed by atoms with Crippen molar-refractivity contribution >= 4 is 17.5 Å². The molecule has 0 bridgehead atoms. The van der Waals surface area contributed by atoms with Gasteiger partial charge in [0.05, 0.1) is 41.7 Å². The molecular formula is C36H36N2O7. The van der Waals surface area contributed by atoms with Gasteiger partial charge in [0, 0.05) is 24.6 Å². The molecule has 5 atom stereocenters. The molecule has 2 aliphatic rings. The van der Waals surface area contributed by atoms with Gasteiger partial charge in [-0.1, -0.05) is 67.6 Å². The highest BCUT2D eigenvalue weighted by Crippen LogP contribution is 2.43. The van der Waals surface area contributed by atoms with E-state index >= 15 is 0 Å². The summed E-state index contributed by atoms with van der Waals surface area (Å²) < 4.78 is 13.2. The summed E-state index contributed by atoms with van der Waals surface area (Å²) in [5.74, 6) is -0.755. The number of likely N-dealkylation sites (N-methyl/N-ethyl adjacent to an activating group) is 1. The van der Waals surface area contributed by atoms with Gasteiger partial charge < -0.3 is 29.7 Å². The number of aliphatic hydroxyl groups is 2. The van der Waals surface area contributed by atoms with E-state index in [1.54, 1.807) is 66.7 Å². The standard InChI is InChI=1S/C36H36N2O7/c1-22-32(20-37(2)19-31(41)25-7-6-10-28(40)18-25)44-36(45-33(22)24-15-13-23(21-39)14-16-24)26-8-5-9-27(17-26)38-34(42)29-11-3-4-12-30(29)35(38)43/h3-18,22,31-33,36,39-41H,19-21H2,1-2H3/t22-,31-,32+,33+,36+/m1/s1. The largest absolute Gasteiger partial charge is 0.508 e. The van der Waals surface area contributed by atoms with Crippen LogP contribution in [0.2, 0.25) is 0 Å². The summed E-state index contributed by atoms with van der Waals surface area (Å²) in [5, 5.41) is 30.3. The zero-order chi connectivity index (χ0) is 31.7. The van der Waals surface area contributed by atoms with Gasteiger partial charge in [-0.05, 0) is 60.1 Å². The topological polar surface area (TPSA) is 120 Å². The molecule has 45 heavy (non-hydrogen) atoms. The molecule has 0 aromatic heterocycles. The maximum atomic E-state index is 13.2. The normalized spacial score (nSPS) is 22.1. The van der Waals surface area contributed by atoms with E-state index in [1.165, 1.54) is 4.90 Å². The van der Waals surface area contributed by atoms with Crippen LogP contribution >= 0.6 is 0 Å². The van der Waals surface area contributed by atoms with Gasteiger partial charge in [-0.15, -0.1) is 0 Å². The van der Waals surface area contributed by atoms with E-state index in [-0.39, 0.29) is 42.3 Å². The molecule has 4 aromatic rings. The predicted octanol–water partition coefficient (Wildman–Crippen LogP) is 5.14. The Hall–Kier alpha value is -4.38. The van der Waals surface area contributed by atoms with Crippen LogP contribution in [0.15, 0.2) is 97.1 Å². The minimum atomic E-state index is -0.814. The van der Waals surface area contributed by atoms with Crippen LogP contribution in [-0.4, -0.2) is 58.3 Å². The van der Waals surface area contributed by atoms with E-state index in [4.69, 9.17) is 9.47 Å². The minimum absolute atomic E-state index is 0.0629. The van der Waals surface area contributed by atoms with Crippen molar-refractivity contribution in [3.05, 3.63) is 130 Å². The summed E-state index contributed by atoms with van der Waals surface area (Å²) in [7, 11) is 1.90. The molecule has 2 amide bonds. The number of hydrogen-bond acceptors (Lipinski definition) is 8. The number of hydrogen-bond donors (Lipinski definition) is 3. The third kappa shape index (κ3) is 6.26. The Morgan fingerprint density at radius 3 is 2.20 bits per heavy atom. The van der Waals surface area contributed by atoms with Gasteiger partial charge >= 0.3 is 0 Å². The zero-order valence-corrected chi connectivity index (χ0v) is 25.1. The molecule has 0 saturated carbocycles. The summed E-state index contributed by atoms with van der Waals surface area (Å²) in [6, 6.07) is 28.1. The number of nitrogens with zero attached hydrogens (tertiary/aromatic N) is 2. The predicted molar refractivity (Wildman–Crippen MR) is 168 cm³/mol. The highest BCUT2D eigenvalue weighted by atomic mass is 16.7. The van der Waals surface area contributed by atoms with E-state index in [9.17, 15) is 24.9 Å². The molecule has 6 rings (SSSR count). The second kappa shape index (κ2) is 12.9. The minimum Gasteiger partial charge on any atom is -0.508 e. The van der Waals surface area contributed by atoms with Crippen LogP contribution in [0.1, 0.15) is 68.4 Å². The first-order valence-corrected chi connectivity index (χ1v) is 15.0. The number of aliphatic hydroxyl groups excluding tert-OH is 2. The van der Waals surface area contributed by atoms with Crippen molar-refractivity contribution in [3.63, 3.8) is 0 Å². The lowest BCUT2D eigenvalue weighted by Crippen LogP contribution is -2.44. The van der Waals surface area contributed by atoms with Gasteiger partial charge in [0.15, 0.2) is 6.29 Å². The number of carbonyl (C=O) groups excluding carboxylic acids is 2. The Morgan fingerprint density at radius 1 is 0.844 bits per heavy atom. The lowest BCUT2D eigenvalue weighted by molar-refractivity contribution is -0.276. The van der Waals surface area contributed by atoms with Gasteiger partial charge in [0.25, 0.3) is 11.8 Å². The first-order chi connectivity index (χ1) is 21.7. The number of fused-ring (bicyclic) bond motifs is 1. The van der Waals surface area contributed by atoms with Crippen LogP contribution in [0.25, 0.3) is 0 Å². The fourth-order valence-electron chi connectivity index (χ4n) is 6.08. The van der Waals surface area contributed by atoms with Gasteiger partial charge in [-0.3, -0.25) is 9.59 Å². The van der Waals surface area contributed by atoms with E-state index in [0.717, 1.165) is 11.1 Å². The second-order valence-electron chi connectivity index (χ2n) is 11.7. The molecule has 0 unspecified atom stereocenters. The number of imide groups is 1. The second-order valence-corrected chi connectivity index (χ2v) is 11.7. The fourth-order valence-corrected chi connectivity index (χ4v) is 6.08. The molecule has 9 nitrogen and oxygen atoms in total.